The molecule has 0 rings (SSSR count). The van der Waals surface area contributed by atoms with Gasteiger partial charge in [-0.25, -0.2) is 0 Å². The molecule has 0 aliphatic heterocycles. The summed E-state index contributed by atoms with van der Waals surface area (Å²) in [6.07, 6.45) is 91.1. The van der Waals surface area contributed by atoms with E-state index < -0.39 is 12.1 Å². The van der Waals surface area contributed by atoms with Gasteiger partial charge in [-0.3, -0.25) is 9.59 Å². The van der Waals surface area contributed by atoms with Crippen LogP contribution in [0, 0.1) is 0 Å². The highest BCUT2D eigenvalue weighted by atomic mass is 16.5. The maximum atomic E-state index is 12.6. The molecule has 0 aromatic carbocycles. The number of carbonyl (C=O) groups is 2. The van der Waals surface area contributed by atoms with Gasteiger partial charge < -0.3 is 20.3 Å². The zero-order valence-electron chi connectivity index (χ0n) is 55.8. The highest BCUT2D eigenvalue weighted by Crippen LogP contribution is 2.20. The number of esters is 1. The maximum Gasteiger partial charge on any atom is 0.305 e. The predicted octanol–water partition coefficient (Wildman–Crippen LogP) is 24.5. The molecule has 486 valence electrons. The third kappa shape index (κ3) is 67.5. The molecule has 0 aromatic rings. The normalized spacial score (nSPS) is 12.6. The zero-order chi connectivity index (χ0) is 59.2. The minimum absolute atomic E-state index is 0.00361. The fourth-order valence-corrected chi connectivity index (χ4v) is 12.0. The fourth-order valence-electron chi connectivity index (χ4n) is 12.0. The minimum Gasteiger partial charge on any atom is -0.466 e. The van der Waals surface area contributed by atoms with Crippen LogP contribution in [0.25, 0.3) is 0 Å². The molecular weight excluding hydrogens is 1010 g/mol. The second-order valence-corrected chi connectivity index (χ2v) is 26.0. The molecule has 2 atom stereocenters. The third-order valence-corrected chi connectivity index (χ3v) is 17.7. The Labute approximate surface area is 513 Å². The van der Waals surface area contributed by atoms with Crippen molar-refractivity contribution in [3.05, 3.63) is 24.3 Å². The average molecular weight is 1160 g/mol. The molecule has 6 heteroatoms. The van der Waals surface area contributed by atoms with Gasteiger partial charge in [-0.05, 0) is 51.4 Å². The van der Waals surface area contributed by atoms with Crippen LogP contribution in [-0.4, -0.2) is 47.4 Å². The lowest BCUT2D eigenvalue weighted by molar-refractivity contribution is -0.143. The van der Waals surface area contributed by atoms with Gasteiger partial charge in [0.2, 0.25) is 5.91 Å². The van der Waals surface area contributed by atoms with Crippen molar-refractivity contribution in [2.45, 2.75) is 437 Å². The summed E-state index contributed by atoms with van der Waals surface area (Å²) < 4.78 is 5.48. The monoisotopic (exact) mass is 1150 g/mol. The van der Waals surface area contributed by atoms with E-state index in [9.17, 15) is 19.8 Å². The summed E-state index contributed by atoms with van der Waals surface area (Å²) >= 11 is 0. The van der Waals surface area contributed by atoms with Crippen molar-refractivity contribution in [1.82, 2.24) is 5.32 Å². The Kier molecular flexibility index (Phi) is 70.4. The maximum absolute atomic E-state index is 12.6. The van der Waals surface area contributed by atoms with Crippen molar-refractivity contribution in [2.75, 3.05) is 13.2 Å². The molecule has 0 radical (unpaired) electrons. The van der Waals surface area contributed by atoms with Crippen LogP contribution in [0.3, 0.4) is 0 Å². The van der Waals surface area contributed by atoms with Crippen molar-refractivity contribution < 1.29 is 24.5 Å². The Morgan fingerprint density at radius 3 is 0.976 bits per heavy atom. The lowest BCUT2D eigenvalue weighted by atomic mass is 10.0. The van der Waals surface area contributed by atoms with Crippen molar-refractivity contribution in [2.24, 2.45) is 0 Å². The lowest BCUT2D eigenvalue weighted by Gasteiger charge is -2.22. The molecule has 6 nitrogen and oxygen atoms in total. The van der Waals surface area contributed by atoms with E-state index in [0.29, 0.717) is 25.9 Å². The molecule has 3 N–H and O–H groups in total. The van der Waals surface area contributed by atoms with Crippen LogP contribution in [0.5, 0.6) is 0 Å². The molecular formula is C76H147NO5. The number of nitrogens with one attached hydrogen (secondary N) is 1. The summed E-state index contributed by atoms with van der Waals surface area (Å²) in [4.78, 5) is 24.6. The first kappa shape index (κ1) is 80.3. The molecule has 82 heavy (non-hydrogen) atoms. The Hall–Kier alpha value is -1.66. The topological polar surface area (TPSA) is 95.9 Å². The smallest absolute Gasteiger partial charge is 0.305 e. The number of allylic oxidation sites excluding steroid dienone is 4. The number of unbranched alkanes of at least 4 members (excludes halogenated alkanes) is 56. The summed E-state index contributed by atoms with van der Waals surface area (Å²) in [6.45, 7) is 4.93. The van der Waals surface area contributed by atoms with E-state index >= 15 is 0 Å². The third-order valence-electron chi connectivity index (χ3n) is 17.7. The standard InChI is InChI=1S/C76H147NO5/c1-3-5-7-9-11-13-15-17-18-19-20-21-22-26-29-32-35-38-41-45-48-52-56-60-64-68-74(79)73(72-78)77-75(80)69-65-61-57-53-49-46-42-39-36-33-30-27-24-23-25-28-31-34-37-40-43-47-51-55-59-63-67-71-82-76(81)70-66-62-58-54-50-44-16-14-12-10-8-6-4-2/h8,10,14,16,73-74,78-79H,3-7,9,11-13,15,17-72H2,1-2H3,(H,77,80)/b10-8-,16-14-. The first-order valence-electron chi connectivity index (χ1n) is 37.6. The molecule has 0 saturated carbocycles. The summed E-state index contributed by atoms with van der Waals surface area (Å²) in [7, 11) is 0. The summed E-state index contributed by atoms with van der Waals surface area (Å²) in [6, 6.07) is -0.541. The zero-order valence-corrected chi connectivity index (χ0v) is 55.8. The first-order chi connectivity index (χ1) is 40.5. The molecule has 1 amide bonds. The number of aliphatic hydroxyl groups is 2. The van der Waals surface area contributed by atoms with Crippen LogP contribution in [0.4, 0.5) is 0 Å². The van der Waals surface area contributed by atoms with E-state index in [1.165, 1.54) is 340 Å². The van der Waals surface area contributed by atoms with Crippen molar-refractivity contribution >= 4 is 11.9 Å². The highest BCUT2D eigenvalue weighted by Gasteiger charge is 2.20. The second-order valence-electron chi connectivity index (χ2n) is 26.0. The van der Waals surface area contributed by atoms with Crippen molar-refractivity contribution in [1.29, 1.82) is 0 Å². The molecule has 0 fully saturated rings. The minimum atomic E-state index is -0.664. The van der Waals surface area contributed by atoms with Crippen molar-refractivity contribution in [3.8, 4) is 0 Å². The number of carbonyl (C=O) groups excluding carboxylic acids is 2. The Bertz CT molecular complexity index is 1280. The summed E-state index contributed by atoms with van der Waals surface area (Å²) in [5.74, 6) is -0.0232. The van der Waals surface area contributed by atoms with Gasteiger partial charge >= 0.3 is 5.97 Å². The average Bonchev–Trinajstić information content (AvgIpc) is 3.48. The van der Waals surface area contributed by atoms with Gasteiger partial charge in [0.15, 0.2) is 0 Å². The number of ether oxygens (including phenoxy) is 1. The van der Waals surface area contributed by atoms with Crippen LogP contribution in [0.1, 0.15) is 425 Å². The van der Waals surface area contributed by atoms with E-state index in [0.717, 1.165) is 51.4 Å². The molecule has 0 bridgehead atoms. The van der Waals surface area contributed by atoms with E-state index in [4.69, 9.17) is 4.74 Å². The quantitative estimate of drug-likeness (QED) is 0.0320. The van der Waals surface area contributed by atoms with Gasteiger partial charge in [0.25, 0.3) is 0 Å². The van der Waals surface area contributed by atoms with Crippen LogP contribution < -0.4 is 5.32 Å². The van der Waals surface area contributed by atoms with Gasteiger partial charge in [-0.15, -0.1) is 0 Å². The summed E-state index contributed by atoms with van der Waals surface area (Å²) in [5.41, 5.74) is 0. The largest absolute Gasteiger partial charge is 0.466 e. The Balaban J connectivity index is 3.36. The predicted molar refractivity (Wildman–Crippen MR) is 361 cm³/mol. The molecule has 0 aromatic heterocycles. The number of hydrogen-bond acceptors (Lipinski definition) is 5. The van der Waals surface area contributed by atoms with Gasteiger partial charge in [-0.1, -0.05) is 385 Å². The van der Waals surface area contributed by atoms with Crippen LogP contribution in [-0.2, 0) is 14.3 Å². The molecule has 2 unspecified atom stereocenters. The van der Waals surface area contributed by atoms with Gasteiger partial charge in [0.05, 0.1) is 25.4 Å². The Morgan fingerprint density at radius 2 is 0.634 bits per heavy atom. The Morgan fingerprint density at radius 1 is 0.341 bits per heavy atom. The number of aliphatic hydroxyl groups excluding tert-OH is 2. The lowest BCUT2D eigenvalue weighted by Crippen LogP contribution is -2.45. The molecule has 0 aliphatic rings. The number of hydrogen-bond donors (Lipinski definition) is 3. The first-order valence-corrected chi connectivity index (χ1v) is 37.6. The highest BCUT2D eigenvalue weighted by molar-refractivity contribution is 5.76. The number of rotatable bonds is 71. The van der Waals surface area contributed by atoms with E-state index in [1.54, 1.807) is 0 Å². The molecule has 0 spiro atoms. The van der Waals surface area contributed by atoms with Gasteiger partial charge in [0, 0.05) is 12.8 Å². The van der Waals surface area contributed by atoms with E-state index in [-0.39, 0.29) is 18.5 Å². The van der Waals surface area contributed by atoms with E-state index in [1.807, 2.05) is 0 Å². The number of amides is 1. The molecule has 0 saturated heterocycles. The van der Waals surface area contributed by atoms with Crippen LogP contribution in [0.15, 0.2) is 24.3 Å². The van der Waals surface area contributed by atoms with E-state index in [2.05, 4.69) is 43.5 Å². The fraction of sp³-hybridized carbons (Fsp3) is 0.921. The van der Waals surface area contributed by atoms with Crippen molar-refractivity contribution in [3.63, 3.8) is 0 Å². The van der Waals surface area contributed by atoms with Crippen LogP contribution in [0.2, 0.25) is 0 Å². The van der Waals surface area contributed by atoms with Gasteiger partial charge in [0.1, 0.15) is 0 Å². The molecule has 0 aliphatic carbocycles. The second kappa shape index (κ2) is 71.8. The SMILES string of the molecule is CCC/C=C\C/C=C\CCCCCCCC(=O)OCCCCCCCCCCCCCCCCCCCCCCCCCCCCCC(=O)NC(CO)C(O)CCCCCCCCCCCCCCCCCCCCCCCCCCC. The van der Waals surface area contributed by atoms with Crippen LogP contribution >= 0.6 is 0 Å². The van der Waals surface area contributed by atoms with Gasteiger partial charge in [-0.2, -0.15) is 0 Å². The molecule has 0 heterocycles. The summed E-state index contributed by atoms with van der Waals surface area (Å²) in [5, 5.41) is 23.5.